The molecule has 0 N–H and O–H groups in total. The first-order valence-electron chi connectivity index (χ1n) is 29.4. The average molecular weight is 1100 g/mol. The molecule has 84 heavy (non-hydrogen) atoms. The molecule has 420 valence electrons. The molecular formula is C76H76N8. The van der Waals surface area contributed by atoms with E-state index in [4.69, 9.17) is 24.9 Å². The standard InChI is InChI=1S/2C21H20N2.2C17H18N2/c1-13-22-19-17-12-8-6-10-15(17)14-9-5-7-11-16(14)18(19)20(23-13)21(2,3)4;1-13-18-16-11-7-5-9-14(16)15-10-6-8-12-17(15)19(18)23-20(22-13)21(2,3)4;1-11-18-15-10-13-8-6-5-7-12(13)9-14(15)16(19-11)17(2,3)4;1-11-14-9-12-7-5-6-8-13(12)10-15(14)19-16(18-11)17(2,3)4/h2*5-12H,1-4H3;2*5-10H,1-4H3. The van der Waals surface area contributed by atoms with Gasteiger partial charge >= 0.3 is 0 Å². The van der Waals surface area contributed by atoms with E-state index in [9.17, 15) is 0 Å². The van der Waals surface area contributed by atoms with Crippen LogP contribution >= 0.6 is 0 Å². The minimum absolute atomic E-state index is 0.0222. The molecule has 0 saturated carbocycles. The maximum Gasteiger partial charge on any atom is 0.134 e. The largest absolute Gasteiger partial charge is 0.237 e. The van der Waals surface area contributed by atoms with Gasteiger partial charge in [-0.3, -0.25) is 0 Å². The van der Waals surface area contributed by atoms with Crippen molar-refractivity contribution in [2.75, 3.05) is 0 Å². The summed E-state index contributed by atoms with van der Waals surface area (Å²) in [4.78, 5) is 38.1. The van der Waals surface area contributed by atoms with E-state index < -0.39 is 0 Å². The molecule has 0 fully saturated rings. The number of rotatable bonds is 0. The molecule has 10 aromatic carbocycles. The summed E-state index contributed by atoms with van der Waals surface area (Å²) in [5.74, 6) is 3.49. The molecule has 0 bridgehead atoms. The first kappa shape index (κ1) is 57.0. The third-order valence-electron chi connectivity index (χ3n) is 15.6. The van der Waals surface area contributed by atoms with Crippen molar-refractivity contribution in [3.63, 3.8) is 0 Å². The number of aryl methyl sites for hydroxylation is 4. The Bertz CT molecular complexity index is 4820. The fourth-order valence-electron chi connectivity index (χ4n) is 11.5. The fraction of sp³-hybridized carbons (Fsp3) is 0.263. The molecule has 0 radical (unpaired) electrons. The van der Waals surface area contributed by atoms with Crippen molar-refractivity contribution >= 4 is 108 Å². The Morgan fingerprint density at radius 2 is 0.595 bits per heavy atom. The zero-order chi connectivity index (χ0) is 59.6. The number of hydrogen-bond acceptors (Lipinski definition) is 8. The molecule has 0 atom stereocenters. The summed E-state index contributed by atoms with van der Waals surface area (Å²) in [7, 11) is 0. The van der Waals surface area contributed by atoms with Gasteiger partial charge in [-0.2, -0.15) is 0 Å². The molecule has 0 aliphatic rings. The van der Waals surface area contributed by atoms with E-state index >= 15 is 0 Å². The monoisotopic (exact) mass is 1100 g/mol. The van der Waals surface area contributed by atoms with E-state index in [2.05, 4.69) is 282 Å². The predicted molar refractivity (Wildman–Crippen MR) is 357 cm³/mol. The van der Waals surface area contributed by atoms with E-state index in [0.29, 0.717) is 0 Å². The lowest BCUT2D eigenvalue weighted by Crippen LogP contribution is -2.16. The molecule has 0 saturated heterocycles. The summed E-state index contributed by atoms with van der Waals surface area (Å²) in [6, 6.07) is 59.7. The molecule has 4 heterocycles. The molecule has 0 aliphatic carbocycles. The third-order valence-corrected chi connectivity index (χ3v) is 15.6. The van der Waals surface area contributed by atoms with E-state index in [1.807, 2.05) is 13.8 Å². The highest BCUT2D eigenvalue weighted by Gasteiger charge is 2.25. The molecular weight excluding hydrogens is 1020 g/mol. The van der Waals surface area contributed by atoms with Crippen molar-refractivity contribution in [2.45, 2.75) is 132 Å². The lowest BCUT2D eigenvalue weighted by molar-refractivity contribution is 0.546. The van der Waals surface area contributed by atoms with Crippen LogP contribution in [0.5, 0.6) is 0 Å². The van der Waals surface area contributed by atoms with Crippen molar-refractivity contribution in [1.82, 2.24) is 39.9 Å². The number of aromatic nitrogens is 8. The Kier molecular flexibility index (Phi) is 14.7. The maximum atomic E-state index is 4.97. The normalized spacial score (nSPS) is 12.3. The second-order valence-corrected chi connectivity index (χ2v) is 26.6. The fourth-order valence-corrected chi connectivity index (χ4v) is 11.5. The predicted octanol–water partition coefficient (Wildman–Crippen LogP) is 19.9. The van der Waals surface area contributed by atoms with Gasteiger partial charge in [-0.1, -0.05) is 229 Å². The summed E-state index contributed by atoms with van der Waals surface area (Å²) in [5, 5.41) is 19.6. The molecule has 0 spiro atoms. The van der Waals surface area contributed by atoms with Gasteiger partial charge in [0, 0.05) is 65.4 Å². The molecule has 4 aromatic heterocycles. The zero-order valence-corrected chi connectivity index (χ0v) is 51.7. The summed E-state index contributed by atoms with van der Waals surface area (Å²) in [6.07, 6.45) is 0. The quantitative estimate of drug-likeness (QED) is 0.109. The van der Waals surface area contributed by atoms with Crippen LogP contribution in [0.15, 0.2) is 170 Å². The number of hydrogen-bond donors (Lipinski definition) is 0. The molecule has 0 amide bonds. The van der Waals surface area contributed by atoms with Gasteiger partial charge in [0.25, 0.3) is 0 Å². The second kappa shape index (κ2) is 21.7. The van der Waals surface area contributed by atoms with Gasteiger partial charge in [-0.15, -0.1) is 0 Å². The van der Waals surface area contributed by atoms with Crippen LogP contribution < -0.4 is 0 Å². The average Bonchev–Trinajstić information content (AvgIpc) is 3.25. The van der Waals surface area contributed by atoms with Crippen molar-refractivity contribution in [3.05, 3.63) is 216 Å². The SMILES string of the molecule is Cc1nc(C(C)(C)C)c2c3ccccc3c3ccccc3c2n1.Cc1nc(C(C)(C)C)c2cc3ccccc3cc2n1.Cc1nc(C(C)(C)C)nc2c3ccccc3c3ccccc3c12.Cc1nc(C(C)(C)C)nc2cc3ccccc3cc12. The van der Waals surface area contributed by atoms with Gasteiger partial charge in [-0.25, -0.2) is 39.9 Å². The van der Waals surface area contributed by atoms with Crippen LogP contribution in [0.2, 0.25) is 0 Å². The Morgan fingerprint density at radius 3 is 1.07 bits per heavy atom. The van der Waals surface area contributed by atoms with Gasteiger partial charge in [-0.05, 0) is 106 Å². The number of fused-ring (bicyclic) bond motifs is 16. The molecule has 0 unspecified atom stereocenters. The van der Waals surface area contributed by atoms with E-state index in [-0.39, 0.29) is 21.7 Å². The third kappa shape index (κ3) is 11.1. The summed E-state index contributed by atoms with van der Waals surface area (Å²) in [6.45, 7) is 34.3. The minimum Gasteiger partial charge on any atom is -0.237 e. The van der Waals surface area contributed by atoms with Crippen molar-refractivity contribution in [1.29, 1.82) is 0 Å². The highest BCUT2D eigenvalue weighted by atomic mass is 14.9. The van der Waals surface area contributed by atoms with Gasteiger partial charge in [0.05, 0.1) is 33.5 Å². The summed E-state index contributed by atoms with van der Waals surface area (Å²) in [5.41, 5.74) is 8.48. The summed E-state index contributed by atoms with van der Waals surface area (Å²) < 4.78 is 0. The highest BCUT2D eigenvalue weighted by molar-refractivity contribution is 6.26. The van der Waals surface area contributed by atoms with E-state index in [1.54, 1.807) is 0 Å². The van der Waals surface area contributed by atoms with Crippen LogP contribution in [0.25, 0.3) is 108 Å². The molecule has 0 aliphatic heterocycles. The van der Waals surface area contributed by atoms with Crippen molar-refractivity contribution in [3.8, 4) is 0 Å². The summed E-state index contributed by atoms with van der Waals surface area (Å²) >= 11 is 0. The van der Waals surface area contributed by atoms with E-state index in [0.717, 1.165) is 78.9 Å². The Labute approximate surface area is 493 Å². The van der Waals surface area contributed by atoms with Crippen LogP contribution in [0, 0.1) is 27.7 Å². The lowest BCUT2D eigenvalue weighted by Gasteiger charge is -2.22. The molecule has 14 rings (SSSR count). The number of nitrogens with zero attached hydrogens (tertiary/aromatic N) is 8. The van der Waals surface area contributed by atoms with Gasteiger partial charge < -0.3 is 0 Å². The molecule has 14 aromatic rings. The van der Waals surface area contributed by atoms with Gasteiger partial charge in [0.1, 0.15) is 23.3 Å². The zero-order valence-electron chi connectivity index (χ0n) is 51.7. The van der Waals surface area contributed by atoms with Crippen LogP contribution in [-0.4, -0.2) is 39.9 Å². The Hall–Kier alpha value is -8.88. The first-order chi connectivity index (χ1) is 39.8. The minimum atomic E-state index is -0.0638. The van der Waals surface area contributed by atoms with Crippen LogP contribution in [0.1, 0.15) is 129 Å². The van der Waals surface area contributed by atoms with Crippen LogP contribution in [0.4, 0.5) is 0 Å². The van der Waals surface area contributed by atoms with Crippen LogP contribution in [0.3, 0.4) is 0 Å². The van der Waals surface area contributed by atoms with Crippen LogP contribution in [-0.2, 0) is 21.7 Å². The molecule has 8 heteroatoms. The highest BCUT2D eigenvalue weighted by Crippen LogP contribution is 2.40. The smallest absolute Gasteiger partial charge is 0.134 e. The Morgan fingerprint density at radius 1 is 0.250 bits per heavy atom. The topological polar surface area (TPSA) is 103 Å². The number of benzene rings is 10. The first-order valence-corrected chi connectivity index (χ1v) is 29.4. The molecule has 8 nitrogen and oxygen atoms in total. The van der Waals surface area contributed by atoms with Gasteiger partial charge in [0.2, 0.25) is 0 Å². The van der Waals surface area contributed by atoms with Gasteiger partial charge in [0.15, 0.2) is 0 Å². The van der Waals surface area contributed by atoms with E-state index in [1.165, 1.54) is 75.4 Å². The Balaban J connectivity index is 0.000000117. The lowest BCUT2D eigenvalue weighted by atomic mass is 9.86. The van der Waals surface area contributed by atoms with Crippen molar-refractivity contribution < 1.29 is 0 Å². The second-order valence-electron chi connectivity index (χ2n) is 26.6. The maximum absolute atomic E-state index is 4.97. The van der Waals surface area contributed by atoms with Crippen molar-refractivity contribution in [2.24, 2.45) is 0 Å².